The van der Waals surface area contributed by atoms with Crippen molar-refractivity contribution in [2.75, 3.05) is 32.9 Å². The molecule has 0 saturated carbocycles. The van der Waals surface area contributed by atoms with Gasteiger partial charge in [0.1, 0.15) is 24.3 Å². The number of fused-ring (bicyclic) bond motifs is 1. The third-order valence-electron chi connectivity index (χ3n) is 5.68. The maximum Gasteiger partial charge on any atom is 2.00 e. The molecule has 0 spiro atoms. The van der Waals surface area contributed by atoms with Crippen LogP contribution in [0.2, 0.25) is 0 Å². The molecule has 2 aromatic carbocycles. The monoisotopic (exact) mass is 493 g/mol. The Morgan fingerprint density at radius 3 is 2.74 bits per heavy atom. The van der Waals surface area contributed by atoms with Crippen LogP contribution in [0.3, 0.4) is 0 Å². The molecule has 2 heterocycles. The molecule has 0 radical (unpaired) electrons. The van der Waals surface area contributed by atoms with E-state index in [0.717, 1.165) is 12.1 Å². The van der Waals surface area contributed by atoms with Crippen LogP contribution in [-0.2, 0) is 27.2 Å². The van der Waals surface area contributed by atoms with Crippen molar-refractivity contribution in [2.45, 2.75) is 32.1 Å². The summed E-state index contributed by atoms with van der Waals surface area (Å²) < 4.78 is 18.7. The Morgan fingerprint density at radius 1 is 1.29 bits per heavy atom. The minimum Gasteiger partial charge on any atom is -1.00 e. The zero-order valence-electron chi connectivity index (χ0n) is 21.8. The second-order valence-electron chi connectivity index (χ2n) is 7.99. The van der Waals surface area contributed by atoms with Crippen LogP contribution >= 0.6 is 0 Å². The van der Waals surface area contributed by atoms with Crippen molar-refractivity contribution < 1.29 is 27.0 Å². The third kappa shape index (κ3) is 6.80. The number of hydrogen-bond donors (Lipinski definition) is 2. The van der Waals surface area contributed by atoms with Gasteiger partial charge in [-0.25, -0.2) is 9.78 Å². The van der Waals surface area contributed by atoms with Crippen LogP contribution in [0.4, 0.5) is 0 Å². The third-order valence-corrected chi connectivity index (χ3v) is 5.68. The van der Waals surface area contributed by atoms with Gasteiger partial charge in [-0.3, -0.25) is 9.36 Å². The number of nitrogens with zero attached hydrogens (tertiary/aromatic N) is 2. The van der Waals surface area contributed by atoms with Gasteiger partial charge in [0, 0.05) is 26.1 Å². The summed E-state index contributed by atoms with van der Waals surface area (Å²) >= 11 is 0. The van der Waals surface area contributed by atoms with E-state index in [1.165, 1.54) is 0 Å². The number of carboxylic acid groups (broad SMARTS) is 1. The first-order valence-corrected chi connectivity index (χ1v) is 11.4. The SMILES string of the molecule is CCOC(Cc1ccc(OCCn2c(C3CNCCO3)nc3ccccc3c2=O)cc1)C(=O)O.[H-].[H-].[Mg+2]. The van der Waals surface area contributed by atoms with Crippen molar-refractivity contribution in [2.24, 2.45) is 0 Å². The Labute approximate surface area is 222 Å². The van der Waals surface area contributed by atoms with E-state index < -0.39 is 12.1 Å². The summed E-state index contributed by atoms with van der Waals surface area (Å²) in [6, 6.07) is 14.5. The van der Waals surface area contributed by atoms with Gasteiger partial charge < -0.3 is 27.5 Å². The number of carbonyl (C=O) groups is 1. The van der Waals surface area contributed by atoms with Crippen LogP contribution in [0.1, 0.15) is 27.3 Å². The molecular weight excluding hydrogens is 463 g/mol. The standard InChI is InChI=1S/C25H29N3O6.Mg.2H/c1-2-32-21(25(30)31)15-17-7-9-18(10-8-17)33-14-12-28-23(22-16-26-11-13-34-22)27-20-6-4-3-5-19(20)24(28)29;;;/h3-10,21-22,26H,2,11-16H2,1H3,(H,30,31);;;/q;+2;2*-1. The van der Waals surface area contributed by atoms with Gasteiger partial charge in [-0.2, -0.15) is 0 Å². The molecule has 1 aliphatic rings. The van der Waals surface area contributed by atoms with Crippen LogP contribution in [0.15, 0.2) is 53.3 Å². The minimum atomic E-state index is -0.982. The van der Waals surface area contributed by atoms with Crippen LogP contribution in [0.5, 0.6) is 5.75 Å². The van der Waals surface area contributed by atoms with Crippen molar-refractivity contribution in [1.29, 1.82) is 0 Å². The number of para-hydroxylation sites is 1. The number of aromatic nitrogens is 2. The van der Waals surface area contributed by atoms with Crippen molar-refractivity contribution in [3.8, 4) is 5.75 Å². The maximum atomic E-state index is 13.2. The summed E-state index contributed by atoms with van der Waals surface area (Å²) in [5.41, 5.74) is 1.37. The first kappa shape index (κ1) is 27.1. The molecule has 1 fully saturated rings. The van der Waals surface area contributed by atoms with E-state index in [9.17, 15) is 14.7 Å². The average molecular weight is 494 g/mol. The molecule has 1 aliphatic heterocycles. The molecule has 35 heavy (non-hydrogen) atoms. The van der Waals surface area contributed by atoms with E-state index in [0.29, 0.717) is 48.8 Å². The summed E-state index contributed by atoms with van der Waals surface area (Å²) in [7, 11) is 0. The summed E-state index contributed by atoms with van der Waals surface area (Å²) in [6.07, 6.45) is -0.905. The van der Waals surface area contributed by atoms with E-state index in [-0.39, 0.29) is 50.6 Å². The predicted octanol–water partition coefficient (Wildman–Crippen LogP) is 2.01. The van der Waals surface area contributed by atoms with Crippen molar-refractivity contribution in [1.82, 2.24) is 14.9 Å². The summed E-state index contributed by atoms with van der Waals surface area (Å²) in [5.74, 6) is 0.237. The second kappa shape index (κ2) is 13.0. The normalized spacial score (nSPS) is 16.4. The van der Waals surface area contributed by atoms with Gasteiger partial charge in [-0.1, -0.05) is 24.3 Å². The Hall–Kier alpha value is -2.50. The Morgan fingerprint density at radius 2 is 2.06 bits per heavy atom. The zero-order valence-corrected chi connectivity index (χ0v) is 21.2. The molecule has 2 N–H and O–H groups in total. The van der Waals surface area contributed by atoms with Crippen LogP contribution in [-0.4, -0.2) is 82.7 Å². The van der Waals surface area contributed by atoms with E-state index in [1.54, 1.807) is 29.7 Å². The van der Waals surface area contributed by atoms with E-state index in [1.807, 2.05) is 30.3 Å². The number of nitrogens with one attached hydrogen (secondary N) is 1. The fourth-order valence-electron chi connectivity index (χ4n) is 3.99. The van der Waals surface area contributed by atoms with Crippen LogP contribution < -0.4 is 15.6 Å². The Kier molecular flexibility index (Phi) is 10.1. The maximum absolute atomic E-state index is 13.2. The van der Waals surface area contributed by atoms with E-state index >= 15 is 0 Å². The molecular formula is C25H31MgN3O6. The molecule has 0 aliphatic carbocycles. The fraction of sp³-hybridized carbons (Fsp3) is 0.400. The van der Waals surface area contributed by atoms with Gasteiger partial charge in [0.25, 0.3) is 5.56 Å². The van der Waals surface area contributed by atoms with Crippen molar-refractivity contribution in [3.63, 3.8) is 0 Å². The number of rotatable bonds is 10. The van der Waals surface area contributed by atoms with Gasteiger partial charge >= 0.3 is 29.0 Å². The number of carboxylic acids is 1. The van der Waals surface area contributed by atoms with Crippen molar-refractivity contribution >= 4 is 39.9 Å². The van der Waals surface area contributed by atoms with Gasteiger partial charge in [-0.15, -0.1) is 0 Å². The van der Waals surface area contributed by atoms with Crippen molar-refractivity contribution in [3.05, 3.63) is 70.3 Å². The molecule has 0 amide bonds. The molecule has 2 atom stereocenters. The number of benzene rings is 2. The fourth-order valence-corrected chi connectivity index (χ4v) is 3.99. The molecule has 2 unspecified atom stereocenters. The molecule has 10 heteroatoms. The van der Waals surface area contributed by atoms with Gasteiger partial charge in [-0.05, 0) is 36.8 Å². The first-order chi connectivity index (χ1) is 16.6. The summed E-state index contributed by atoms with van der Waals surface area (Å²) in [4.78, 5) is 29.3. The largest absolute Gasteiger partial charge is 2.00 e. The zero-order chi connectivity index (χ0) is 23.9. The van der Waals surface area contributed by atoms with E-state index in [4.69, 9.17) is 19.2 Å². The minimum absolute atomic E-state index is 0. The Bertz CT molecular complexity index is 1190. The number of hydrogen-bond acceptors (Lipinski definition) is 7. The van der Waals surface area contributed by atoms with Gasteiger partial charge in [0.15, 0.2) is 6.10 Å². The average Bonchev–Trinajstić information content (AvgIpc) is 2.86. The predicted molar refractivity (Wildman–Crippen MR) is 134 cm³/mol. The number of morpholine rings is 1. The van der Waals surface area contributed by atoms with Crippen LogP contribution in [0, 0.1) is 0 Å². The smallest absolute Gasteiger partial charge is 1.00 e. The van der Waals surface area contributed by atoms with E-state index in [2.05, 4.69) is 5.32 Å². The summed E-state index contributed by atoms with van der Waals surface area (Å²) in [6.45, 7) is 4.61. The number of ether oxygens (including phenoxy) is 3. The Balaban J connectivity index is 0.00000228. The first-order valence-electron chi connectivity index (χ1n) is 11.4. The second-order valence-corrected chi connectivity index (χ2v) is 7.99. The summed E-state index contributed by atoms with van der Waals surface area (Å²) in [5, 5.41) is 13.1. The molecule has 0 bridgehead atoms. The topological polar surface area (TPSA) is 112 Å². The van der Waals surface area contributed by atoms with Crippen LogP contribution in [0.25, 0.3) is 10.9 Å². The molecule has 4 rings (SSSR count). The molecule has 184 valence electrons. The molecule has 9 nitrogen and oxygen atoms in total. The molecule has 3 aromatic rings. The number of aliphatic carboxylic acids is 1. The van der Waals surface area contributed by atoms with Gasteiger partial charge in [0.2, 0.25) is 0 Å². The molecule has 1 saturated heterocycles. The van der Waals surface area contributed by atoms with Gasteiger partial charge in [0.05, 0.1) is 24.1 Å². The molecule has 1 aromatic heterocycles. The quantitative estimate of drug-likeness (QED) is 0.413.